The Morgan fingerprint density at radius 2 is 1.90 bits per heavy atom. The summed E-state index contributed by atoms with van der Waals surface area (Å²) >= 11 is 0. The van der Waals surface area contributed by atoms with Crippen LogP contribution >= 0.6 is 0 Å². The molecule has 3 nitrogen and oxygen atoms in total. The molecule has 3 unspecified atom stereocenters. The molecule has 0 aliphatic carbocycles. The van der Waals surface area contributed by atoms with E-state index >= 15 is 0 Å². The lowest BCUT2D eigenvalue weighted by Crippen LogP contribution is -2.44. The Hall–Kier alpha value is -1.06. The van der Waals surface area contributed by atoms with Crippen molar-refractivity contribution in [1.82, 2.24) is 0 Å². The van der Waals surface area contributed by atoms with Crippen molar-refractivity contribution in [3.63, 3.8) is 0 Å². The number of aliphatic hydroxyl groups is 1. The van der Waals surface area contributed by atoms with Crippen molar-refractivity contribution < 1.29 is 14.6 Å². The first-order valence-electron chi connectivity index (χ1n) is 7.41. The average molecular weight is 276 g/mol. The van der Waals surface area contributed by atoms with E-state index in [9.17, 15) is 5.11 Å². The zero-order valence-corrected chi connectivity index (χ0v) is 12.7. The number of hydrogen-bond donors (Lipinski definition) is 1. The number of para-hydroxylation sites is 1. The van der Waals surface area contributed by atoms with E-state index in [0.717, 1.165) is 18.6 Å². The highest BCUT2D eigenvalue weighted by Gasteiger charge is 2.51. The number of benzene rings is 1. The minimum absolute atomic E-state index is 0.0943. The van der Waals surface area contributed by atoms with Crippen LogP contribution in [0.1, 0.15) is 39.7 Å². The molecule has 0 bridgehead atoms. The minimum atomic E-state index is -0.501. The monoisotopic (exact) mass is 276 g/mol. The summed E-state index contributed by atoms with van der Waals surface area (Å²) in [5, 5.41) is 10.8. The van der Waals surface area contributed by atoms with E-state index in [-0.39, 0.29) is 23.2 Å². The maximum Gasteiger partial charge on any atom is 0.129 e. The number of hydrogen-bond acceptors (Lipinski definition) is 3. The third kappa shape index (κ3) is 2.33. The van der Waals surface area contributed by atoms with E-state index in [0.29, 0.717) is 0 Å². The second kappa shape index (κ2) is 4.47. The van der Waals surface area contributed by atoms with Crippen LogP contribution in [-0.2, 0) is 11.2 Å². The van der Waals surface area contributed by atoms with Crippen LogP contribution in [0.25, 0.3) is 0 Å². The van der Waals surface area contributed by atoms with Crippen molar-refractivity contribution in [2.24, 2.45) is 5.92 Å². The Bertz CT molecular complexity index is 482. The summed E-state index contributed by atoms with van der Waals surface area (Å²) < 4.78 is 12.0. The molecule has 3 rings (SSSR count). The molecule has 3 atom stereocenters. The topological polar surface area (TPSA) is 38.7 Å². The lowest BCUT2D eigenvalue weighted by Gasteiger charge is -2.32. The first kappa shape index (κ1) is 13.9. The summed E-state index contributed by atoms with van der Waals surface area (Å²) in [5.41, 5.74) is 0.689. The SMILES string of the molecule is CC1(C)CC(C(O)C2Cc3ccccc3O2)C(C)(C)O1. The van der Waals surface area contributed by atoms with Gasteiger partial charge in [-0.3, -0.25) is 0 Å². The molecule has 2 heterocycles. The van der Waals surface area contributed by atoms with Crippen LogP contribution in [0.4, 0.5) is 0 Å². The largest absolute Gasteiger partial charge is 0.487 e. The molecular weight excluding hydrogens is 252 g/mol. The number of ether oxygens (including phenoxy) is 2. The predicted octanol–water partition coefficient (Wildman–Crippen LogP) is 2.94. The Morgan fingerprint density at radius 3 is 2.50 bits per heavy atom. The maximum absolute atomic E-state index is 10.8. The highest BCUT2D eigenvalue weighted by atomic mass is 16.5. The molecule has 1 saturated heterocycles. The summed E-state index contributed by atoms with van der Waals surface area (Å²) in [7, 11) is 0. The quantitative estimate of drug-likeness (QED) is 0.902. The van der Waals surface area contributed by atoms with Gasteiger partial charge in [0.1, 0.15) is 11.9 Å². The van der Waals surface area contributed by atoms with E-state index in [1.54, 1.807) is 0 Å². The fraction of sp³-hybridized carbons (Fsp3) is 0.647. The Labute approximate surface area is 120 Å². The average Bonchev–Trinajstić information content (AvgIpc) is 2.85. The fourth-order valence-corrected chi connectivity index (χ4v) is 3.80. The van der Waals surface area contributed by atoms with Gasteiger partial charge in [-0.15, -0.1) is 0 Å². The maximum atomic E-state index is 10.8. The van der Waals surface area contributed by atoms with Gasteiger partial charge in [-0.2, -0.15) is 0 Å². The molecule has 1 fully saturated rings. The van der Waals surface area contributed by atoms with Crippen LogP contribution in [0.15, 0.2) is 24.3 Å². The molecule has 0 aromatic heterocycles. The van der Waals surface area contributed by atoms with Crippen molar-refractivity contribution in [1.29, 1.82) is 0 Å². The smallest absolute Gasteiger partial charge is 0.129 e. The van der Waals surface area contributed by atoms with Crippen LogP contribution in [0, 0.1) is 5.92 Å². The van der Waals surface area contributed by atoms with E-state index in [1.807, 2.05) is 18.2 Å². The van der Waals surface area contributed by atoms with Gasteiger partial charge in [0.05, 0.1) is 17.3 Å². The van der Waals surface area contributed by atoms with Gasteiger partial charge in [-0.1, -0.05) is 18.2 Å². The summed E-state index contributed by atoms with van der Waals surface area (Å²) in [6, 6.07) is 8.03. The van der Waals surface area contributed by atoms with Crippen LogP contribution in [0.2, 0.25) is 0 Å². The highest BCUT2D eigenvalue weighted by molar-refractivity contribution is 5.37. The van der Waals surface area contributed by atoms with Crippen LogP contribution in [0.3, 0.4) is 0 Å². The van der Waals surface area contributed by atoms with Gasteiger partial charge >= 0.3 is 0 Å². The third-order valence-corrected chi connectivity index (χ3v) is 4.61. The molecule has 20 heavy (non-hydrogen) atoms. The molecule has 2 aliphatic rings. The van der Waals surface area contributed by atoms with Gasteiger partial charge in [0.25, 0.3) is 0 Å². The van der Waals surface area contributed by atoms with E-state index in [2.05, 4.69) is 33.8 Å². The molecular formula is C17H24O3. The molecule has 0 spiro atoms. The number of aliphatic hydroxyl groups excluding tert-OH is 1. The standard InChI is InChI=1S/C17H24O3/c1-16(2)10-12(17(3,4)20-16)15(18)14-9-11-7-5-6-8-13(11)19-14/h5-8,12,14-15,18H,9-10H2,1-4H3. The van der Waals surface area contributed by atoms with E-state index in [1.165, 1.54) is 5.56 Å². The van der Waals surface area contributed by atoms with Crippen molar-refractivity contribution in [2.75, 3.05) is 0 Å². The Kier molecular flexibility index (Phi) is 3.11. The molecule has 1 aromatic carbocycles. The summed E-state index contributed by atoms with van der Waals surface area (Å²) in [6.45, 7) is 8.31. The summed E-state index contributed by atoms with van der Waals surface area (Å²) in [6.07, 6.45) is 0.982. The van der Waals surface area contributed by atoms with Crippen molar-refractivity contribution >= 4 is 0 Å². The first-order chi connectivity index (χ1) is 9.28. The van der Waals surface area contributed by atoms with E-state index in [4.69, 9.17) is 9.47 Å². The van der Waals surface area contributed by atoms with Gasteiger partial charge in [0, 0.05) is 12.3 Å². The molecule has 3 heteroatoms. The predicted molar refractivity (Wildman–Crippen MR) is 77.9 cm³/mol. The molecule has 1 N–H and O–H groups in total. The molecule has 2 aliphatic heterocycles. The fourth-order valence-electron chi connectivity index (χ4n) is 3.80. The zero-order valence-electron chi connectivity index (χ0n) is 12.7. The summed E-state index contributed by atoms with van der Waals surface area (Å²) in [4.78, 5) is 0. The third-order valence-electron chi connectivity index (χ3n) is 4.61. The van der Waals surface area contributed by atoms with Crippen LogP contribution < -0.4 is 4.74 Å². The lowest BCUT2D eigenvalue weighted by atomic mass is 9.80. The van der Waals surface area contributed by atoms with Gasteiger partial charge in [0.15, 0.2) is 0 Å². The molecule has 0 radical (unpaired) electrons. The first-order valence-corrected chi connectivity index (χ1v) is 7.41. The van der Waals surface area contributed by atoms with Crippen molar-refractivity contribution in [3.05, 3.63) is 29.8 Å². The van der Waals surface area contributed by atoms with Gasteiger partial charge in [0.2, 0.25) is 0 Å². The van der Waals surface area contributed by atoms with Gasteiger partial charge in [-0.05, 0) is 45.7 Å². The van der Waals surface area contributed by atoms with Crippen molar-refractivity contribution in [2.45, 2.75) is 63.9 Å². The van der Waals surface area contributed by atoms with Gasteiger partial charge < -0.3 is 14.6 Å². The zero-order chi connectivity index (χ0) is 14.5. The summed E-state index contributed by atoms with van der Waals surface area (Å²) in [5.74, 6) is 1.00. The second-order valence-electron chi connectivity index (χ2n) is 7.23. The normalized spacial score (nSPS) is 31.6. The highest BCUT2D eigenvalue weighted by Crippen LogP contribution is 2.45. The van der Waals surface area contributed by atoms with Gasteiger partial charge in [-0.25, -0.2) is 0 Å². The molecule has 0 saturated carbocycles. The molecule has 110 valence electrons. The van der Waals surface area contributed by atoms with Crippen LogP contribution in [0.5, 0.6) is 5.75 Å². The Morgan fingerprint density at radius 1 is 1.20 bits per heavy atom. The minimum Gasteiger partial charge on any atom is -0.487 e. The molecule has 0 amide bonds. The lowest BCUT2D eigenvalue weighted by molar-refractivity contribution is -0.0982. The van der Waals surface area contributed by atoms with Crippen LogP contribution in [-0.4, -0.2) is 28.5 Å². The number of fused-ring (bicyclic) bond motifs is 1. The second-order valence-corrected chi connectivity index (χ2v) is 7.23. The van der Waals surface area contributed by atoms with Crippen molar-refractivity contribution in [3.8, 4) is 5.75 Å². The Balaban J connectivity index is 1.77. The van der Waals surface area contributed by atoms with E-state index < -0.39 is 6.10 Å². The molecule has 1 aromatic rings. The number of rotatable bonds is 2.